The van der Waals surface area contributed by atoms with Crippen LogP contribution in [0.4, 0.5) is 4.39 Å². The van der Waals surface area contributed by atoms with Gasteiger partial charge < -0.3 is 14.7 Å². The number of halogens is 1. The van der Waals surface area contributed by atoms with Crippen molar-refractivity contribution < 1.29 is 14.2 Å². The molecule has 2 aliphatic heterocycles. The third-order valence-electron chi connectivity index (χ3n) is 5.70. The topological polar surface area (TPSA) is 35.9 Å². The Morgan fingerprint density at radius 1 is 1.08 bits per heavy atom. The molecule has 25 heavy (non-hydrogen) atoms. The molecule has 140 valence electrons. The highest BCUT2D eigenvalue weighted by atomic mass is 19.1. The van der Waals surface area contributed by atoms with Gasteiger partial charge in [0.1, 0.15) is 0 Å². The van der Waals surface area contributed by atoms with Gasteiger partial charge in [-0.1, -0.05) is 18.9 Å². The number of aliphatic hydroxyl groups is 1. The third-order valence-corrected chi connectivity index (χ3v) is 5.70. The van der Waals surface area contributed by atoms with Crippen LogP contribution in [0.5, 0.6) is 5.75 Å². The number of hydrogen-bond acceptors (Lipinski definition) is 4. The quantitative estimate of drug-likeness (QED) is 0.856. The molecule has 0 unspecified atom stereocenters. The third kappa shape index (κ3) is 4.93. The second-order valence-electron chi connectivity index (χ2n) is 7.58. The first-order valence-electron chi connectivity index (χ1n) is 9.57. The maximum absolute atomic E-state index is 13.6. The van der Waals surface area contributed by atoms with Crippen molar-refractivity contribution in [3.63, 3.8) is 0 Å². The lowest BCUT2D eigenvalue weighted by Gasteiger charge is -2.26. The Balaban J connectivity index is 1.58. The average Bonchev–Trinajstić information content (AvgIpc) is 2.81. The predicted molar refractivity (Wildman–Crippen MR) is 97.2 cm³/mol. The van der Waals surface area contributed by atoms with Gasteiger partial charge in [-0.05, 0) is 55.5 Å². The Morgan fingerprint density at radius 2 is 1.80 bits per heavy atom. The molecular weight excluding hydrogens is 319 g/mol. The molecule has 1 N–H and O–H groups in total. The number of aliphatic hydroxyl groups excluding tert-OH is 1. The van der Waals surface area contributed by atoms with Crippen molar-refractivity contribution in [1.82, 2.24) is 9.80 Å². The molecule has 5 heteroatoms. The van der Waals surface area contributed by atoms with E-state index in [-0.39, 0.29) is 12.4 Å². The molecule has 0 amide bonds. The summed E-state index contributed by atoms with van der Waals surface area (Å²) < 4.78 is 18.7. The fraction of sp³-hybridized carbons (Fsp3) is 0.700. The zero-order chi connectivity index (χ0) is 17.6. The molecule has 2 fully saturated rings. The summed E-state index contributed by atoms with van der Waals surface area (Å²) in [5.41, 5.74) is 1.06. The molecule has 4 nitrogen and oxygen atoms in total. The van der Waals surface area contributed by atoms with Gasteiger partial charge in [0, 0.05) is 32.8 Å². The van der Waals surface area contributed by atoms with E-state index in [1.807, 2.05) is 6.07 Å². The van der Waals surface area contributed by atoms with Crippen molar-refractivity contribution in [2.24, 2.45) is 11.8 Å². The molecule has 3 rings (SSSR count). The summed E-state index contributed by atoms with van der Waals surface area (Å²) >= 11 is 0. The average molecular weight is 350 g/mol. The van der Waals surface area contributed by atoms with Crippen molar-refractivity contribution in [3.8, 4) is 5.75 Å². The summed E-state index contributed by atoms with van der Waals surface area (Å²) in [7, 11) is 1.50. The first-order chi connectivity index (χ1) is 12.2. The molecule has 2 atom stereocenters. The van der Waals surface area contributed by atoms with E-state index in [0.717, 1.165) is 31.7 Å². The van der Waals surface area contributed by atoms with Gasteiger partial charge in [-0.25, -0.2) is 4.39 Å². The van der Waals surface area contributed by atoms with E-state index in [1.165, 1.54) is 51.9 Å². The van der Waals surface area contributed by atoms with Crippen LogP contribution >= 0.6 is 0 Å². The summed E-state index contributed by atoms with van der Waals surface area (Å²) in [6.45, 7) is 6.43. The van der Waals surface area contributed by atoms with Gasteiger partial charge in [0.05, 0.1) is 7.11 Å². The first kappa shape index (κ1) is 18.6. The van der Waals surface area contributed by atoms with E-state index in [2.05, 4.69) is 9.80 Å². The zero-order valence-corrected chi connectivity index (χ0v) is 15.3. The van der Waals surface area contributed by atoms with Gasteiger partial charge in [0.2, 0.25) is 0 Å². The second kappa shape index (κ2) is 8.97. The van der Waals surface area contributed by atoms with E-state index >= 15 is 0 Å². The van der Waals surface area contributed by atoms with Crippen LogP contribution in [-0.2, 0) is 6.54 Å². The first-order valence-corrected chi connectivity index (χ1v) is 9.57. The van der Waals surface area contributed by atoms with Crippen LogP contribution in [0.2, 0.25) is 0 Å². The van der Waals surface area contributed by atoms with Crippen LogP contribution in [0.3, 0.4) is 0 Å². The van der Waals surface area contributed by atoms with E-state index in [0.29, 0.717) is 17.6 Å². The molecule has 0 saturated carbocycles. The highest BCUT2D eigenvalue weighted by molar-refractivity contribution is 5.30. The summed E-state index contributed by atoms with van der Waals surface area (Å²) in [5, 5.41) is 9.81. The molecule has 2 heterocycles. The van der Waals surface area contributed by atoms with Crippen molar-refractivity contribution in [2.75, 3.05) is 46.4 Å². The van der Waals surface area contributed by atoms with Crippen LogP contribution in [0.25, 0.3) is 0 Å². The Bertz CT molecular complexity index is 546. The standard InChI is InChI=1S/C20H31FN2O2/c1-25-20-10-16(6-7-19(20)21)11-23-13-17(18(14-23)15-24)12-22-8-4-2-3-5-9-22/h6-7,10,17-18,24H,2-5,8-9,11-15H2,1H3/t17-,18-/m1/s1. The lowest BCUT2D eigenvalue weighted by Crippen LogP contribution is -2.34. The molecule has 0 aromatic heterocycles. The van der Waals surface area contributed by atoms with Crippen molar-refractivity contribution in [2.45, 2.75) is 32.2 Å². The Kier molecular flexibility index (Phi) is 6.68. The molecule has 0 spiro atoms. The zero-order valence-electron chi connectivity index (χ0n) is 15.3. The molecule has 0 aliphatic carbocycles. The maximum Gasteiger partial charge on any atom is 0.165 e. The van der Waals surface area contributed by atoms with Gasteiger partial charge in [-0.3, -0.25) is 4.90 Å². The molecule has 1 aromatic rings. The number of rotatable bonds is 6. The molecule has 0 bridgehead atoms. The number of nitrogens with zero attached hydrogens (tertiary/aromatic N) is 2. The molecule has 2 aliphatic rings. The summed E-state index contributed by atoms with van der Waals surface area (Å²) in [4.78, 5) is 4.97. The number of hydrogen-bond donors (Lipinski definition) is 1. The Labute approximate surface area is 150 Å². The van der Waals surface area contributed by atoms with Crippen LogP contribution in [0.15, 0.2) is 18.2 Å². The molecule has 0 radical (unpaired) electrons. The van der Waals surface area contributed by atoms with Gasteiger partial charge in [-0.2, -0.15) is 0 Å². The minimum atomic E-state index is -0.319. The van der Waals surface area contributed by atoms with Crippen molar-refractivity contribution in [1.29, 1.82) is 0 Å². The SMILES string of the molecule is COc1cc(CN2C[C@@H](CN3CCCCCC3)[C@@H](CO)C2)ccc1F. The minimum absolute atomic E-state index is 0.252. The monoisotopic (exact) mass is 350 g/mol. The number of likely N-dealkylation sites (tertiary alicyclic amines) is 2. The van der Waals surface area contributed by atoms with Crippen LogP contribution in [-0.4, -0.2) is 61.3 Å². The van der Waals surface area contributed by atoms with Crippen LogP contribution < -0.4 is 4.74 Å². The second-order valence-corrected chi connectivity index (χ2v) is 7.58. The smallest absolute Gasteiger partial charge is 0.165 e. The van der Waals surface area contributed by atoms with Crippen molar-refractivity contribution >= 4 is 0 Å². The highest BCUT2D eigenvalue weighted by Gasteiger charge is 2.33. The lowest BCUT2D eigenvalue weighted by molar-refractivity contribution is 0.165. The van der Waals surface area contributed by atoms with Crippen LogP contribution in [0, 0.1) is 17.7 Å². The maximum atomic E-state index is 13.6. The van der Waals surface area contributed by atoms with Gasteiger partial charge >= 0.3 is 0 Å². The van der Waals surface area contributed by atoms with Gasteiger partial charge in [0.25, 0.3) is 0 Å². The molecular formula is C20H31FN2O2. The fourth-order valence-electron chi connectivity index (χ4n) is 4.29. The van der Waals surface area contributed by atoms with Gasteiger partial charge in [0.15, 0.2) is 11.6 Å². The van der Waals surface area contributed by atoms with E-state index in [4.69, 9.17) is 4.74 Å². The van der Waals surface area contributed by atoms with E-state index < -0.39 is 0 Å². The summed E-state index contributed by atoms with van der Waals surface area (Å²) in [6.07, 6.45) is 5.30. The van der Waals surface area contributed by atoms with E-state index in [9.17, 15) is 9.50 Å². The van der Waals surface area contributed by atoms with Gasteiger partial charge in [-0.15, -0.1) is 0 Å². The highest BCUT2D eigenvalue weighted by Crippen LogP contribution is 2.27. The van der Waals surface area contributed by atoms with Crippen LogP contribution in [0.1, 0.15) is 31.2 Å². The predicted octanol–water partition coefficient (Wildman–Crippen LogP) is 2.75. The minimum Gasteiger partial charge on any atom is -0.494 e. The largest absolute Gasteiger partial charge is 0.494 e. The van der Waals surface area contributed by atoms with E-state index in [1.54, 1.807) is 6.07 Å². The summed E-state index contributed by atoms with van der Waals surface area (Å²) in [6, 6.07) is 5.09. The molecule has 1 aromatic carbocycles. The van der Waals surface area contributed by atoms with Crippen molar-refractivity contribution in [3.05, 3.63) is 29.6 Å². The number of methoxy groups -OCH3 is 1. The Hall–Kier alpha value is -1.17. The lowest BCUT2D eigenvalue weighted by atomic mass is 9.96. The fourth-order valence-corrected chi connectivity index (χ4v) is 4.29. The normalized spacial score (nSPS) is 25.9. The molecule has 2 saturated heterocycles. The number of benzene rings is 1. The summed E-state index contributed by atoms with van der Waals surface area (Å²) in [5.74, 6) is 0.840. The Morgan fingerprint density at radius 3 is 2.48 bits per heavy atom. The number of ether oxygens (including phenoxy) is 1.